The van der Waals surface area contributed by atoms with Gasteiger partial charge in [-0.25, -0.2) is 0 Å². The fraction of sp³-hybridized carbons (Fsp3) is 0.250. The highest BCUT2D eigenvalue weighted by Crippen LogP contribution is 2.31. The minimum atomic E-state index is 0.340. The molecule has 1 aliphatic heterocycles. The fourth-order valence-corrected chi connectivity index (χ4v) is 3.48. The molecule has 1 atom stereocenters. The first-order valence-electron chi connectivity index (χ1n) is 6.30. The Morgan fingerprint density at radius 1 is 1.05 bits per heavy atom. The lowest BCUT2D eigenvalue weighted by Crippen LogP contribution is -1.97. The Balaban J connectivity index is 1.78. The van der Waals surface area contributed by atoms with Gasteiger partial charge in [-0.05, 0) is 40.8 Å². The largest absolute Gasteiger partial charge is 0.372 e. The number of benzene rings is 2. The first-order chi connectivity index (χ1) is 9.22. The number of ether oxygens (including phenoxy) is 1. The summed E-state index contributed by atoms with van der Waals surface area (Å²) in [5, 5.41) is 0. The molecule has 0 saturated carbocycles. The monoisotopic (exact) mass is 380 g/mol. The zero-order chi connectivity index (χ0) is 13.2. The van der Waals surface area contributed by atoms with E-state index in [0.29, 0.717) is 4.83 Å². The van der Waals surface area contributed by atoms with Crippen LogP contribution in [-0.4, -0.2) is 0 Å². The second kappa shape index (κ2) is 5.78. The molecule has 19 heavy (non-hydrogen) atoms. The number of rotatable bonds is 3. The molecule has 0 radical (unpaired) electrons. The lowest BCUT2D eigenvalue weighted by Gasteiger charge is -2.12. The first kappa shape index (κ1) is 13.3. The summed E-state index contributed by atoms with van der Waals surface area (Å²) in [7, 11) is 0. The van der Waals surface area contributed by atoms with Gasteiger partial charge < -0.3 is 4.74 Å². The Morgan fingerprint density at radius 3 is 2.74 bits per heavy atom. The van der Waals surface area contributed by atoms with E-state index in [1.165, 1.54) is 22.3 Å². The maximum atomic E-state index is 5.46. The Kier molecular flexibility index (Phi) is 4.06. The van der Waals surface area contributed by atoms with Gasteiger partial charge in [-0.15, -0.1) is 0 Å². The van der Waals surface area contributed by atoms with E-state index in [-0.39, 0.29) is 0 Å². The van der Waals surface area contributed by atoms with Gasteiger partial charge in [0.05, 0.1) is 13.2 Å². The van der Waals surface area contributed by atoms with Gasteiger partial charge in [0.2, 0.25) is 0 Å². The first-order valence-corrected chi connectivity index (χ1v) is 8.01. The van der Waals surface area contributed by atoms with Gasteiger partial charge in [0.1, 0.15) is 0 Å². The minimum absolute atomic E-state index is 0.340. The molecule has 3 rings (SSSR count). The van der Waals surface area contributed by atoms with E-state index < -0.39 is 0 Å². The normalized spacial score (nSPS) is 15.3. The molecule has 0 spiro atoms. The van der Waals surface area contributed by atoms with Crippen LogP contribution in [0.3, 0.4) is 0 Å². The van der Waals surface area contributed by atoms with E-state index >= 15 is 0 Å². The van der Waals surface area contributed by atoms with Gasteiger partial charge in [-0.2, -0.15) is 0 Å². The molecule has 0 saturated heterocycles. The highest BCUT2D eigenvalue weighted by atomic mass is 79.9. The van der Waals surface area contributed by atoms with Crippen molar-refractivity contribution in [2.24, 2.45) is 0 Å². The number of fused-ring (bicyclic) bond motifs is 1. The third kappa shape index (κ3) is 3.10. The molecule has 98 valence electrons. The summed E-state index contributed by atoms with van der Waals surface area (Å²) in [6, 6.07) is 15.1. The van der Waals surface area contributed by atoms with Crippen LogP contribution in [0.5, 0.6) is 0 Å². The average molecular weight is 382 g/mol. The molecule has 0 N–H and O–H groups in total. The molecule has 1 nitrogen and oxygen atoms in total. The molecule has 1 unspecified atom stereocenters. The third-order valence-electron chi connectivity index (χ3n) is 3.41. The molecule has 0 bridgehead atoms. The molecule has 0 amide bonds. The molecule has 2 aromatic carbocycles. The van der Waals surface area contributed by atoms with Crippen molar-refractivity contribution >= 4 is 31.9 Å². The van der Waals surface area contributed by atoms with Crippen molar-refractivity contribution in [1.29, 1.82) is 0 Å². The van der Waals surface area contributed by atoms with Crippen molar-refractivity contribution < 1.29 is 4.74 Å². The lowest BCUT2D eigenvalue weighted by atomic mass is 10.0. The Hall–Kier alpha value is -0.640. The standard InChI is InChI=1S/C16H14Br2O/c17-15-3-1-2-11(6-15)7-16(18)12-4-5-13-9-19-10-14(13)8-12/h1-6,8,16H,7,9-10H2. The zero-order valence-electron chi connectivity index (χ0n) is 10.4. The molecule has 2 aromatic rings. The Labute approximate surface area is 130 Å². The van der Waals surface area contributed by atoms with Gasteiger partial charge in [0, 0.05) is 9.30 Å². The van der Waals surface area contributed by atoms with Crippen LogP contribution in [0.1, 0.15) is 27.1 Å². The van der Waals surface area contributed by atoms with Crippen LogP contribution in [0.15, 0.2) is 46.9 Å². The van der Waals surface area contributed by atoms with Crippen LogP contribution in [0.4, 0.5) is 0 Å². The number of hydrogen-bond donors (Lipinski definition) is 0. The maximum absolute atomic E-state index is 5.46. The SMILES string of the molecule is Brc1cccc(CC(Br)c2ccc3c(c2)COC3)c1. The van der Waals surface area contributed by atoms with Crippen LogP contribution in [0.25, 0.3) is 0 Å². The van der Waals surface area contributed by atoms with Gasteiger partial charge in [0.15, 0.2) is 0 Å². The van der Waals surface area contributed by atoms with E-state index in [4.69, 9.17) is 4.74 Å². The van der Waals surface area contributed by atoms with Crippen molar-refractivity contribution in [1.82, 2.24) is 0 Å². The van der Waals surface area contributed by atoms with E-state index in [2.05, 4.69) is 74.3 Å². The summed E-state index contributed by atoms with van der Waals surface area (Å²) in [6.45, 7) is 1.51. The van der Waals surface area contributed by atoms with Gasteiger partial charge >= 0.3 is 0 Å². The van der Waals surface area contributed by atoms with Crippen molar-refractivity contribution in [2.75, 3.05) is 0 Å². The van der Waals surface area contributed by atoms with E-state index in [9.17, 15) is 0 Å². The van der Waals surface area contributed by atoms with Crippen molar-refractivity contribution in [3.63, 3.8) is 0 Å². The second-order valence-corrected chi connectivity index (χ2v) is 6.84. The summed E-state index contributed by atoms with van der Waals surface area (Å²) in [6.07, 6.45) is 0.985. The molecule has 0 fully saturated rings. The highest BCUT2D eigenvalue weighted by Gasteiger charge is 2.15. The van der Waals surface area contributed by atoms with E-state index in [1.807, 2.05) is 0 Å². The molecule has 0 aliphatic carbocycles. The topological polar surface area (TPSA) is 9.23 Å². The predicted molar refractivity (Wildman–Crippen MR) is 84.4 cm³/mol. The van der Waals surface area contributed by atoms with Crippen LogP contribution in [-0.2, 0) is 24.4 Å². The van der Waals surface area contributed by atoms with Crippen molar-refractivity contribution in [2.45, 2.75) is 24.5 Å². The predicted octanol–water partition coefficient (Wildman–Crippen LogP) is 5.16. The highest BCUT2D eigenvalue weighted by molar-refractivity contribution is 9.10. The Morgan fingerprint density at radius 2 is 1.89 bits per heavy atom. The minimum Gasteiger partial charge on any atom is -0.372 e. The maximum Gasteiger partial charge on any atom is 0.0725 e. The van der Waals surface area contributed by atoms with Gasteiger partial charge in [-0.3, -0.25) is 0 Å². The van der Waals surface area contributed by atoms with Crippen LogP contribution >= 0.6 is 31.9 Å². The van der Waals surface area contributed by atoms with Crippen LogP contribution < -0.4 is 0 Å². The Bertz CT molecular complexity index is 595. The smallest absolute Gasteiger partial charge is 0.0725 e. The fourth-order valence-electron chi connectivity index (χ4n) is 2.38. The molecular weight excluding hydrogens is 368 g/mol. The van der Waals surface area contributed by atoms with E-state index in [1.54, 1.807) is 0 Å². The molecule has 1 aliphatic rings. The molecular formula is C16H14Br2O. The van der Waals surface area contributed by atoms with Crippen molar-refractivity contribution in [3.05, 3.63) is 69.2 Å². The van der Waals surface area contributed by atoms with Crippen molar-refractivity contribution in [3.8, 4) is 0 Å². The number of hydrogen-bond acceptors (Lipinski definition) is 1. The average Bonchev–Trinajstić information content (AvgIpc) is 2.85. The quantitative estimate of drug-likeness (QED) is 0.667. The van der Waals surface area contributed by atoms with Crippen LogP contribution in [0.2, 0.25) is 0 Å². The molecule has 3 heteroatoms. The summed E-state index contributed by atoms with van der Waals surface area (Å²) >= 11 is 7.32. The van der Waals surface area contributed by atoms with Gasteiger partial charge in [0.25, 0.3) is 0 Å². The summed E-state index contributed by atoms with van der Waals surface area (Å²) < 4.78 is 6.59. The number of alkyl halides is 1. The van der Waals surface area contributed by atoms with E-state index in [0.717, 1.165) is 24.1 Å². The number of halogens is 2. The third-order valence-corrected chi connectivity index (χ3v) is 4.76. The lowest BCUT2D eigenvalue weighted by molar-refractivity contribution is 0.134. The zero-order valence-corrected chi connectivity index (χ0v) is 13.6. The molecule has 0 aromatic heterocycles. The molecule has 1 heterocycles. The summed E-state index contributed by atoms with van der Waals surface area (Å²) in [5.41, 5.74) is 5.30. The second-order valence-electron chi connectivity index (χ2n) is 4.82. The summed E-state index contributed by atoms with van der Waals surface area (Å²) in [4.78, 5) is 0.340. The van der Waals surface area contributed by atoms with Crippen LogP contribution in [0, 0.1) is 0 Å². The summed E-state index contributed by atoms with van der Waals surface area (Å²) in [5.74, 6) is 0. The van der Waals surface area contributed by atoms with Gasteiger partial charge in [-0.1, -0.05) is 62.2 Å².